The molecule has 3 aromatic rings. The number of aromatic hydroxyl groups is 1. The molecule has 0 saturated carbocycles. The Bertz CT molecular complexity index is 897. The van der Waals surface area contributed by atoms with Crippen LogP contribution in [0.2, 0.25) is 0 Å². The number of carbonyl (C=O) groups excluding carboxylic acids is 1. The summed E-state index contributed by atoms with van der Waals surface area (Å²) in [5.74, 6) is -1.00. The first kappa shape index (κ1) is 14.5. The van der Waals surface area contributed by atoms with Crippen molar-refractivity contribution in [2.45, 2.75) is 12.8 Å². The van der Waals surface area contributed by atoms with E-state index < -0.39 is 5.92 Å². The quantitative estimate of drug-likeness (QED) is 0.802. The summed E-state index contributed by atoms with van der Waals surface area (Å²) in [5.41, 5.74) is 0.882. The fourth-order valence-electron chi connectivity index (χ4n) is 2.65. The predicted molar refractivity (Wildman–Crippen MR) is 88.7 cm³/mol. The molecule has 0 aliphatic heterocycles. The first-order chi connectivity index (χ1) is 10.6. The molecule has 0 unspecified atom stereocenters. The number of carbonyl (C=O) groups is 1. The third kappa shape index (κ3) is 2.42. The lowest BCUT2D eigenvalue weighted by molar-refractivity contribution is -0.117. The molecule has 110 valence electrons. The second-order valence-electron chi connectivity index (χ2n) is 5.10. The van der Waals surface area contributed by atoms with Gasteiger partial charge in [-0.3, -0.25) is 9.59 Å². The SMILES string of the molecule is CC(=O)[C@@H](c1ccccc1)c1c(O)c2ccccc2sc1=O. The zero-order valence-electron chi connectivity index (χ0n) is 11.9. The van der Waals surface area contributed by atoms with Crippen LogP contribution in [0.25, 0.3) is 10.1 Å². The lowest BCUT2D eigenvalue weighted by atomic mass is 9.88. The highest BCUT2D eigenvalue weighted by molar-refractivity contribution is 7.16. The monoisotopic (exact) mass is 310 g/mol. The second-order valence-corrected chi connectivity index (χ2v) is 6.12. The van der Waals surface area contributed by atoms with Gasteiger partial charge in [-0.15, -0.1) is 0 Å². The van der Waals surface area contributed by atoms with Gasteiger partial charge in [-0.25, -0.2) is 0 Å². The highest BCUT2D eigenvalue weighted by Gasteiger charge is 2.26. The predicted octanol–water partition coefficient (Wildman–Crippen LogP) is 3.69. The summed E-state index contributed by atoms with van der Waals surface area (Å²) in [6.07, 6.45) is 0. The van der Waals surface area contributed by atoms with E-state index in [2.05, 4.69) is 0 Å². The molecule has 4 heteroatoms. The maximum Gasteiger partial charge on any atom is 0.240 e. The van der Waals surface area contributed by atoms with Gasteiger partial charge in [-0.1, -0.05) is 53.8 Å². The number of fused-ring (bicyclic) bond motifs is 1. The van der Waals surface area contributed by atoms with Gasteiger partial charge in [0, 0.05) is 10.1 Å². The van der Waals surface area contributed by atoms with E-state index in [9.17, 15) is 14.7 Å². The fraction of sp³-hybridized carbons (Fsp3) is 0.111. The Morgan fingerprint density at radius 3 is 2.36 bits per heavy atom. The number of Topliss-reactive ketones (excluding diaryl/α,β-unsaturated/α-hetero) is 1. The van der Waals surface area contributed by atoms with E-state index in [0.29, 0.717) is 15.6 Å². The van der Waals surface area contributed by atoms with Crippen molar-refractivity contribution in [3.05, 3.63) is 75.3 Å². The molecule has 0 spiro atoms. The van der Waals surface area contributed by atoms with Gasteiger partial charge < -0.3 is 5.11 Å². The van der Waals surface area contributed by atoms with Crippen LogP contribution >= 0.6 is 11.3 Å². The van der Waals surface area contributed by atoms with Crippen LogP contribution in [0.1, 0.15) is 24.0 Å². The maximum atomic E-state index is 12.5. The summed E-state index contributed by atoms with van der Waals surface area (Å²) in [4.78, 5) is 24.6. The first-order valence-corrected chi connectivity index (χ1v) is 7.71. The van der Waals surface area contributed by atoms with Gasteiger partial charge in [-0.05, 0) is 24.6 Å². The van der Waals surface area contributed by atoms with Crippen LogP contribution in [0.4, 0.5) is 0 Å². The highest BCUT2D eigenvalue weighted by atomic mass is 32.1. The third-order valence-electron chi connectivity index (χ3n) is 3.65. The Balaban J connectivity index is 2.32. The molecule has 3 nitrogen and oxygen atoms in total. The molecular formula is C18H14O3S. The maximum absolute atomic E-state index is 12.5. The van der Waals surface area contributed by atoms with Crippen molar-refractivity contribution in [2.75, 3.05) is 0 Å². The van der Waals surface area contributed by atoms with Crippen LogP contribution in [0, 0.1) is 0 Å². The molecule has 1 atom stereocenters. The Kier molecular flexibility index (Phi) is 3.77. The van der Waals surface area contributed by atoms with Crippen LogP contribution in [-0.2, 0) is 4.79 Å². The highest BCUT2D eigenvalue weighted by Crippen LogP contribution is 2.35. The molecule has 0 bridgehead atoms. The number of benzene rings is 2. The average molecular weight is 310 g/mol. The van der Waals surface area contributed by atoms with Crippen molar-refractivity contribution in [3.63, 3.8) is 0 Å². The van der Waals surface area contributed by atoms with E-state index in [4.69, 9.17) is 0 Å². The van der Waals surface area contributed by atoms with Gasteiger partial charge >= 0.3 is 0 Å². The van der Waals surface area contributed by atoms with Gasteiger partial charge in [0.05, 0.1) is 11.5 Å². The normalized spacial score (nSPS) is 12.2. The summed E-state index contributed by atoms with van der Waals surface area (Å²) >= 11 is 1.06. The molecule has 0 radical (unpaired) electrons. The number of ketones is 1. The minimum absolute atomic E-state index is 0.0941. The molecule has 1 aromatic heterocycles. The summed E-state index contributed by atoms with van der Waals surface area (Å²) in [6, 6.07) is 16.2. The van der Waals surface area contributed by atoms with E-state index >= 15 is 0 Å². The minimum atomic E-state index is -0.741. The Morgan fingerprint density at radius 2 is 1.68 bits per heavy atom. The molecule has 1 N–H and O–H groups in total. The van der Waals surface area contributed by atoms with Gasteiger partial charge in [0.1, 0.15) is 11.5 Å². The Labute approximate surface area is 131 Å². The number of hydrogen-bond acceptors (Lipinski definition) is 4. The summed E-state index contributed by atoms with van der Waals surface area (Å²) in [5, 5.41) is 11.2. The average Bonchev–Trinajstić information content (AvgIpc) is 2.52. The molecule has 22 heavy (non-hydrogen) atoms. The van der Waals surface area contributed by atoms with Crippen LogP contribution in [0.5, 0.6) is 5.75 Å². The van der Waals surface area contributed by atoms with E-state index in [0.717, 1.165) is 11.3 Å². The Morgan fingerprint density at radius 1 is 1.05 bits per heavy atom. The van der Waals surface area contributed by atoms with Gasteiger partial charge in [0.2, 0.25) is 4.74 Å². The lowest BCUT2D eigenvalue weighted by Gasteiger charge is -2.16. The van der Waals surface area contributed by atoms with Crippen LogP contribution in [0.15, 0.2) is 59.4 Å². The van der Waals surface area contributed by atoms with Crippen molar-refractivity contribution in [1.82, 2.24) is 0 Å². The molecule has 0 aliphatic rings. The van der Waals surface area contributed by atoms with Crippen molar-refractivity contribution < 1.29 is 9.90 Å². The molecule has 0 fully saturated rings. The molecule has 0 saturated heterocycles. The van der Waals surface area contributed by atoms with Crippen molar-refractivity contribution >= 4 is 27.2 Å². The fourth-order valence-corrected chi connectivity index (χ4v) is 3.60. The zero-order valence-corrected chi connectivity index (χ0v) is 12.8. The number of rotatable bonds is 3. The van der Waals surface area contributed by atoms with E-state index in [1.807, 2.05) is 24.3 Å². The van der Waals surface area contributed by atoms with Crippen LogP contribution in [0.3, 0.4) is 0 Å². The smallest absolute Gasteiger partial charge is 0.240 e. The standard InChI is InChI=1S/C18H14O3S/c1-11(19)15(12-7-3-2-4-8-12)16-17(20)13-9-5-6-10-14(13)22-18(16)21/h2-10,15,20H,1H3/t15-/m0/s1. The molecule has 3 rings (SSSR count). The minimum Gasteiger partial charge on any atom is -0.507 e. The second kappa shape index (κ2) is 5.73. The van der Waals surface area contributed by atoms with Crippen LogP contribution in [-0.4, -0.2) is 10.9 Å². The number of hydrogen-bond donors (Lipinski definition) is 1. The van der Waals surface area contributed by atoms with Gasteiger partial charge in [-0.2, -0.15) is 0 Å². The van der Waals surface area contributed by atoms with Gasteiger partial charge in [0.25, 0.3) is 0 Å². The molecule has 2 aromatic carbocycles. The summed E-state index contributed by atoms with van der Waals surface area (Å²) in [6.45, 7) is 1.44. The molecule has 0 amide bonds. The van der Waals surface area contributed by atoms with Gasteiger partial charge in [0.15, 0.2) is 0 Å². The molecule has 1 heterocycles. The van der Waals surface area contributed by atoms with E-state index in [-0.39, 0.29) is 21.8 Å². The van der Waals surface area contributed by atoms with E-state index in [1.165, 1.54) is 6.92 Å². The van der Waals surface area contributed by atoms with E-state index in [1.54, 1.807) is 30.3 Å². The van der Waals surface area contributed by atoms with Crippen molar-refractivity contribution in [2.24, 2.45) is 0 Å². The summed E-state index contributed by atoms with van der Waals surface area (Å²) in [7, 11) is 0. The first-order valence-electron chi connectivity index (χ1n) is 6.89. The lowest BCUT2D eigenvalue weighted by Crippen LogP contribution is -2.18. The molecule has 0 aliphatic carbocycles. The zero-order chi connectivity index (χ0) is 15.7. The van der Waals surface area contributed by atoms with Crippen molar-refractivity contribution in [3.8, 4) is 5.75 Å². The Hall–Kier alpha value is -2.46. The third-order valence-corrected chi connectivity index (χ3v) is 4.63. The van der Waals surface area contributed by atoms with Crippen LogP contribution < -0.4 is 4.74 Å². The largest absolute Gasteiger partial charge is 0.507 e. The summed E-state index contributed by atoms with van der Waals surface area (Å²) < 4.78 is 0.435. The topological polar surface area (TPSA) is 54.4 Å². The van der Waals surface area contributed by atoms with Crippen molar-refractivity contribution in [1.29, 1.82) is 0 Å². The molecular weight excluding hydrogens is 296 g/mol.